The molecule has 3 heteroatoms. The van der Waals surface area contributed by atoms with E-state index in [0.29, 0.717) is 0 Å². The Labute approximate surface area is 96.2 Å². The lowest BCUT2D eigenvalue weighted by atomic mass is 9.99. The number of rotatable bonds is 2. The Morgan fingerprint density at radius 3 is 2.75 bits per heavy atom. The quantitative estimate of drug-likeness (QED) is 0.761. The molecule has 1 heterocycles. The van der Waals surface area contributed by atoms with Crippen molar-refractivity contribution in [2.75, 3.05) is 25.1 Å². The number of methoxy groups -OCH3 is 1. The largest absolute Gasteiger partial charge is 0.497 e. The van der Waals surface area contributed by atoms with Crippen molar-refractivity contribution < 1.29 is 4.74 Å². The Bertz CT molecular complexity index is 380. The van der Waals surface area contributed by atoms with Crippen LogP contribution in [-0.2, 0) is 0 Å². The summed E-state index contributed by atoms with van der Waals surface area (Å²) in [5.74, 6) is 1.05. The van der Waals surface area contributed by atoms with Crippen LogP contribution in [-0.4, -0.2) is 20.2 Å². The highest BCUT2D eigenvalue weighted by molar-refractivity contribution is 5.49. The van der Waals surface area contributed by atoms with Gasteiger partial charge in [0.05, 0.1) is 19.1 Å². The molecule has 1 fully saturated rings. The van der Waals surface area contributed by atoms with Crippen LogP contribution in [0.1, 0.15) is 12.8 Å². The fraction of sp³-hybridized carbons (Fsp3) is 0.462. The summed E-state index contributed by atoms with van der Waals surface area (Å²) in [6.07, 6.45) is 2.13. The number of benzene rings is 1. The van der Waals surface area contributed by atoms with E-state index in [4.69, 9.17) is 10.00 Å². The Morgan fingerprint density at radius 1 is 1.38 bits per heavy atom. The normalized spacial score (nSPS) is 20.2. The number of hydrogen-bond donors (Lipinski definition) is 0. The molecule has 0 amide bonds. The molecular formula is C13H16N2O. The van der Waals surface area contributed by atoms with Crippen molar-refractivity contribution in [1.29, 1.82) is 5.26 Å². The first-order chi connectivity index (χ1) is 7.83. The smallest absolute Gasteiger partial charge is 0.119 e. The van der Waals surface area contributed by atoms with Crippen LogP contribution in [0, 0.1) is 17.2 Å². The van der Waals surface area contributed by atoms with Gasteiger partial charge >= 0.3 is 0 Å². The van der Waals surface area contributed by atoms with Crippen LogP contribution in [0.2, 0.25) is 0 Å². The topological polar surface area (TPSA) is 36.3 Å². The van der Waals surface area contributed by atoms with Crippen LogP contribution in [0.3, 0.4) is 0 Å². The minimum Gasteiger partial charge on any atom is -0.497 e. The number of nitriles is 1. The van der Waals surface area contributed by atoms with E-state index in [1.165, 1.54) is 5.69 Å². The van der Waals surface area contributed by atoms with Gasteiger partial charge in [-0.3, -0.25) is 0 Å². The molecule has 1 atom stereocenters. The van der Waals surface area contributed by atoms with E-state index in [-0.39, 0.29) is 5.92 Å². The Balaban J connectivity index is 2.08. The first-order valence-corrected chi connectivity index (χ1v) is 5.62. The van der Waals surface area contributed by atoms with Crippen molar-refractivity contribution in [2.24, 2.45) is 5.92 Å². The number of anilines is 1. The molecular weight excluding hydrogens is 200 g/mol. The van der Waals surface area contributed by atoms with E-state index in [2.05, 4.69) is 23.1 Å². The highest BCUT2D eigenvalue weighted by Crippen LogP contribution is 2.24. The highest BCUT2D eigenvalue weighted by atomic mass is 16.5. The third-order valence-electron chi connectivity index (χ3n) is 3.04. The second-order valence-corrected chi connectivity index (χ2v) is 4.11. The first-order valence-electron chi connectivity index (χ1n) is 5.62. The zero-order chi connectivity index (χ0) is 11.4. The van der Waals surface area contributed by atoms with Crippen LogP contribution in [0.5, 0.6) is 5.75 Å². The van der Waals surface area contributed by atoms with Crippen LogP contribution in [0.25, 0.3) is 0 Å². The average molecular weight is 216 g/mol. The molecule has 2 rings (SSSR count). The molecule has 1 unspecified atom stereocenters. The Hall–Kier alpha value is -1.69. The fourth-order valence-corrected chi connectivity index (χ4v) is 2.11. The molecule has 3 nitrogen and oxygen atoms in total. The zero-order valence-electron chi connectivity index (χ0n) is 9.52. The Morgan fingerprint density at radius 2 is 2.12 bits per heavy atom. The minimum atomic E-state index is 0.177. The number of ether oxygens (including phenoxy) is 1. The molecule has 1 saturated heterocycles. The number of nitrogens with zero attached hydrogens (tertiary/aromatic N) is 2. The summed E-state index contributed by atoms with van der Waals surface area (Å²) in [4.78, 5) is 2.27. The van der Waals surface area contributed by atoms with Crippen molar-refractivity contribution in [3.63, 3.8) is 0 Å². The molecule has 0 aliphatic carbocycles. The maximum atomic E-state index is 8.94. The first kappa shape index (κ1) is 10.8. The van der Waals surface area contributed by atoms with E-state index in [9.17, 15) is 0 Å². The predicted molar refractivity (Wildman–Crippen MR) is 63.5 cm³/mol. The molecule has 0 radical (unpaired) electrons. The molecule has 84 valence electrons. The summed E-state index contributed by atoms with van der Waals surface area (Å²) in [6.45, 7) is 1.90. The third-order valence-corrected chi connectivity index (χ3v) is 3.04. The average Bonchev–Trinajstić information content (AvgIpc) is 2.39. The van der Waals surface area contributed by atoms with Gasteiger partial charge in [-0.25, -0.2) is 0 Å². The lowest BCUT2D eigenvalue weighted by molar-refractivity contribution is 0.414. The van der Waals surface area contributed by atoms with Crippen LogP contribution in [0.15, 0.2) is 24.3 Å². The van der Waals surface area contributed by atoms with Gasteiger partial charge in [-0.2, -0.15) is 5.26 Å². The molecule has 1 aromatic rings. The molecule has 16 heavy (non-hydrogen) atoms. The van der Waals surface area contributed by atoms with Gasteiger partial charge in [0.1, 0.15) is 5.75 Å². The summed E-state index contributed by atoms with van der Waals surface area (Å²) in [6, 6.07) is 10.4. The lowest BCUT2D eigenvalue weighted by Crippen LogP contribution is -2.34. The second kappa shape index (κ2) is 4.89. The predicted octanol–water partition coefficient (Wildman–Crippen LogP) is 2.44. The van der Waals surface area contributed by atoms with Crippen molar-refractivity contribution >= 4 is 5.69 Å². The third kappa shape index (κ3) is 2.27. The van der Waals surface area contributed by atoms with E-state index >= 15 is 0 Å². The summed E-state index contributed by atoms with van der Waals surface area (Å²) >= 11 is 0. The van der Waals surface area contributed by atoms with Crippen LogP contribution in [0.4, 0.5) is 5.69 Å². The molecule has 1 aliphatic heterocycles. The lowest BCUT2D eigenvalue weighted by Gasteiger charge is -2.31. The number of hydrogen-bond acceptors (Lipinski definition) is 3. The summed E-state index contributed by atoms with van der Waals surface area (Å²) < 4.78 is 5.13. The molecule has 0 spiro atoms. The van der Waals surface area contributed by atoms with E-state index in [0.717, 1.165) is 31.7 Å². The van der Waals surface area contributed by atoms with Gasteiger partial charge in [-0.15, -0.1) is 0 Å². The van der Waals surface area contributed by atoms with E-state index in [1.807, 2.05) is 12.1 Å². The van der Waals surface area contributed by atoms with Crippen molar-refractivity contribution in [3.05, 3.63) is 24.3 Å². The van der Waals surface area contributed by atoms with Gasteiger partial charge < -0.3 is 9.64 Å². The zero-order valence-corrected chi connectivity index (χ0v) is 9.52. The fourth-order valence-electron chi connectivity index (χ4n) is 2.11. The van der Waals surface area contributed by atoms with Crippen molar-refractivity contribution in [3.8, 4) is 11.8 Å². The van der Waals surface area contributed by atoms with Crippen molar-refractivity contribution in [2.45, 2.75) is 12.8 Å². The molecule has 0 saturated carbocycles. The van der Waals surface area contributed by atoms with Crippen LogP contribution >= 0.6 is 0 Å². The minimum absolute atomic E-state index is 0.177. The SMILES string of the molecule is COc1ccc(N2CCCC(C#N)C2)cc1. The van der Waals surface area contributed by atoms with E-state index < -0.39 is 0 Å². The number of piperidine rings is 1. The molecule has 0 bridgehead atoms. The van der Waals surface area contributed by atoms with Gasteiger partial charge in [0.2, 0.25) is 0 Å². The van der Waals surface area contributed by atoms with Gasteiger partial charge in [0.25, 0.3) is 0 Å². The van der Waals surface area contributed by atoms with Gasteiger partial charge in [-0.05, 0) is 37.1 Å². The Kier molecular flexibility index (Phi) is 3.31. The maximum Gasteiger partial charge on any atom is 0.119 e. The van der Waals surface area contributed by atoms with Gasteiger partial charge in [0.15, 0.2) is 0 Å². The summed E-state index contributed by atoms with van der Waals surface area (Å²) in [5, 5.41) is 8.94. The second-order valence-electron chi connectivity index (χ2n) is 4.11. The summed E-state index contributed by atoms with van der Waals surface area (Å²) in [7, 11) is 1.67. The standard InChI is InChI=1S/C13H16N2O/c1-16-13-6-4-12(5-7-13)15-8-2-3-11(9-14)10-15/h4-7,11H,2-3,8,10H2,1H3. The van der Waals surface area contributed by atoms with Crippen LogP contribution < -0.4 is 9.64 Å². The molecule has 1 aliphatic rings. The summed E-state index contributed by atoms with van der Waals surface area (Å²) in [5.41, 5.74) is 1.18. The monoisotopic (exact) mass is 216 g/mol. The molecule has 0 N–H and O–H groups in total. The molecule has 1 aromatic carbocycles. The maximum absolute atomic E-state index is 8.94. The van der Waals surface area contributed by atoms with E-state index in [1.54, 1.807) is 7.11 Å². The van der Waals surface area contributed by atoms with Gasteiger partial charge in [0, 0.05) is 18.8 Å². The molecule has 0 aromatic heterocycles. The van der Waals surface area contributed by atoms with Gasteiger partial charge in [-0.1, -0.05) is 0 Å². The highest BCUT2D eigenvalue weighted by Gasteiger charge is 2.19. The van der Waals surface area contributed by atoms with Crippen molar-refractivity contribution in [1.82, 2.24) is 0 Å².